The minimum atomic E-state index is 0.0397. The van der Waals surface area contributed by atoms with E-state index in [1.54, 1.807) is 18.1 Å². The summed E-state index contributed by atoms with van der Waals surface area (Å²) < 4.78 is 7.53. The van der Waals surface area contributed by atoms with Gasteiger partial charge in [-0.1, -0.05) is 23.9 Å². The normalized spacial score (nSPS) is 10.8. The lowest BCUT2D eigenvalue weighted by atomic mass is 10.2. The predicted octanol–water partition coefficient (Wildman–Crippen LogP) is 3.83. The van der Waals surface area contributed by atoms with Crippen molar-refractivity contribution in [1.29, 1.82) is 0 Å². The van der Waals surface area contributed by atoms with Gasteiger partial charge in [-0.25, -0.2) is 4.98 Å². The van der Waals surface area contributed by atoms with Crippen molar-refractivity contribution in [3.05, 3.63) is 65.9 Å². The summed E-state index contributed by atoms with van der Waals surface area (Å²) in [7, 11) is 1.79. The van der Waals surface area contributed by atoms with Gasteiger partial charge in [-0.15, -0.1) is 0 Å². The monoisotopic (exact) mass is 355 g/mol. The van der Waals surface area contributed by atoms with Crippen LogP contribution < -0.4 is 0 Å². The minimum absolute atomic E-state index is 0.0397. The number of nitrogens with zero attached hydrogens (tertiary/aromatic N) is 3. The van der Waals surface area contributed by atoms with Crippen LogP contribution in [0.3, 0.4) is 0 Å². The standard InChI is InChI=1S/C19H21N3O2S/c1-14-5-4-6-16(11-14)22-10-9-20-19(22)25-13-18(23)21(3)12-17-8-7-15(2)24-17/h4-11H,12-13H2,1-3H3. The van der Waals surface area contributed by atoms with Crippen LogP contribution in [0.1, 0.15) is 17.1 Å². The lowest BCUT2D eigenvalue weighted by Gasteiger charge is -2.15. The molecule has 1 amide bonds. The van der Waals surface area contributed by atoms with Gasteiger partial charge in [-0.3, -0.25) is 9.36 Å². The number of furan rings is 1. The molecular formula is C19H21N3O2S. The Hall–Kier alpha value is -2.47. The SMILES string of the molecule is Cc1cccc(-n2ccnc2SCC(=O)N(C)Cc2ccc(C)o2)c1. The number of rotatable bonds is 6. The number of aryl methyl sites for hydroxylation is 2. The molecule has 0 fully saturated rings. The number of carbonyl (C=O) groups is 1. The first-order valence-electron chi connectivity index (χ1n) is 8.05. The Labute approximate surface area is 151 Å². The minimum Gasteiger partial charge on any atom is -0.464 e. The molecule has 2 heterocycles. The zero-order chi connectivity index (χ0) is 17.8. The van der Waals surface area contributed by atoms with Crippen LogP contribution in [-0.2, 0) is 11.3 Å². The van der Waals surface area contributed by atoms with Gasteiger partial charge >= 0.3 is 0 Å². The van der Waals surface area contributed by atoms with Crippen molar-refractivity contribution < 1.29 is 9.21 Å². The molecule has 6 heteroatoms. The zero-order valence-electron chi connectivity index (χ0n) is 14.6. The van der Waals surface area contributed by atoms with E-state index in [2.05, 4.69) is 24.0 Å². The average Bonchev–Trinajstić information content (AvgIpc) is 3.21. The molecular weight excluding hydrogens is 334 g/mol. The van der Waals surface area contributed by atoms with Crippen LogP contribution in [0.15, 0.2) is 58.4 Å². The fraction of sp³-hybridized carbons (Fsp3) is 0.263. The van der Waals surface area contributed by atoms with Gasteiger partial charge in [0.25, 0.3) is 0 Å². The number of amides is 1. The molecule has 0 spiro atoms. The van der Waals surface area contributed by atoms with E-state index < -0.39 is 0 Å². The van der Waals surface area contributed by atoms with Crippen LogP contribution in [-0.4, -0.2) is 33.2 Å². The van der Waals surface area contributed by atoms with Crippen LogP contribution in [0.25, 0.3) is 5.69 Å². The summed E-state index contributed by atoms with van der Waals surface area (Å²) in [5.41, 5.74) is 2.23. The molecule has 3 aromatic rings. The molecule has 25 heavy (non-hydrogen) atoms. The molecule has 0 radical (unpaired) electrons. The Bertz CT molecular complexity index is 869. The Morgan fingerprint density at radius 3 is 2.84 bits per heavy atom. The van der Waals surface area contributed by atoms with E-state index in [0.717, 1.165) is 22.4 Å². The highest BCUT2D eigenvalue weighted by molar-refractivity contribution is 7.99. The fourth-order valence-corrected chi connectivity index (χ4v) is 3.41. The molecule has 1 aromatic carbocycles. The van der Waals surface area contributed by atoms with Crippen molar-refractivity contribution >= 4 is 17.7 Å². The van der Waals surface area contributed by atoms with Crippen molar-refractivity contribution in [2.24, 2.45) is 0 Å². The summed E-state index contributed by atoms with van der Waals surface area (Å²) in [5, 5.41) is 0.807. The van der Waals surface area contributed by atoms with Gasteiger partial charge in [0.2, 0.25) is 5.91 Å². The molecule has 0 saturated heterocycles. The largest absolute Gasteiger partial charge is 0.464 e. The number of imidazole rings is 1. The second-order valence-electron chi connectivity index (χ2n) is 5.97. The summed E-state index contributed by atoms with van der Waals surface area (Å²) in [5.74, 6) is 2.02. The van der Waals surface area contributed by atoms with E-state index in [0.29, 0.717) is 12.3 Å². The number of thioether (sulfide) groups is 1. The van der Waals surface area contributed by atoms with E-state index in [1.165, 1.54) is 17.3 Å². The second kappa shape index (κ2) is 7.61. The lowest BCUT2D eigenvalue weighted by Crippen LogP contribution is -2.27. The second-order valence-corrected chi connectivity index (χ2v) is 6.91. The number of benzene rings is 1. The van der Waals surface area contributed by atoms with Gasteiger partial charge in [-0.05, 0) is 43.7 Å². The molecule has 5 nitrogen and oxygen atoms in total. The number of hydrogen-bond acceptors (Lipinski definition) is 4. The smallest absolute Gasteiger partial charge is 0.233 e. The van der Waals surface area contributed by atoms with Gasteiger partial charge in [-0.2, -0.15) is 0 Å². The Morgan fingerprint density at radius 1 is 1.28 bits per heavy atom. The topological polar surface area (TPSA) is 51.3 Å². The quantitative estimate of drug-likeness (QED) is 0.631. The number of hydrogen-bond donors (Lipinski definition) is 0. The number of aromatic nitrogens is 2. The highest BCUT2D eigenvalue weighted by Gasteiger charge is 2.14. The van der Waals surface area contributed by atoms with Crippen LogP contribution in [0, 0.1) is 13.8 Å². The van der Waals surface area contributed by atoms with Crippen molar-refractivity contribution in [2.75, 3.05) is 12.8 Å². The zero-order valence-corrected chi connectivity index (χ0v) is 15.4. The molecule has 0 atom stereocenters. The van der Waals surface area contributed by atoms with Crippen molar-refractivity contribution in [1.82, 2.24) is 14.5 Å². The van der Waals surface area contributed by atoms with E-state index >= 15 is 0 Å². The Kier molecular flexibility index (Phi) is 5.28. The maximum absolute atomic E-state index is 12.4. The molecule has 0 bridgehead atoms. The van der Waals surface area contributed by atoms with Crippen molar-refractivity contribution in [2.45, 2.75) is 25.5 Å². The van der Waals surface area contributed by atoms with Gasteiger partial charge in [0.05, 0.1) is 12.3 Å². The third kappa shape index (κ3) is 4.33. The van der Waals surface area contributed by atoms with E-state index in [1.807, 2.05) is 42.0 Å². The van der Waals surface area contributed by atoms with E-state index in [9.17, 15) is 4.79 Å². The molecule has 0 saturated carbocycles. The van der Waals surface area contributed by atoms with E-state index in [-0.39, 0.29) is 5.91 Å². The van der Waals surface area contributed by atoms with Gasteiger partial charge in [0.15, 0.2) is 5.16 Å². The van der Waals surface area contributed by atoms with Gasteiger partial charge in [0.1, 0.15) is 11.5 Å². The predicted molar refractivity (Wildman–Crippen MR) is 98.9 cm³/mol. The molecule has 0 aliphatic rings. The average molecular weight is 355 g/mol. The Morgan fingerprint density at radius 2 is 2.12 bits per heavy atom. The van der Waals surface area contributed by atoms with Crippen LogP contribution in [0.2, 0.25) is 0 Å². The lowest BCUT2D eigenvalue weighted by molar-refractivity contribution is -0.127. The summed E-state index contributed by atoms with van der Waals surface area (Å²) >= 11 is 1.44. The first-order valence-corrected chi connectivity index (χ1v) is 9.04. The third-order valence-electron chi connectivity index (χ3n) is 3.83. The van der Waals surface area contributed by atoms with Gasteiger partial charge < -0.3 is 9.32 Å². The molecule has 3 rings (SSSR count). The van der Waals surface area contributed by atoms with Crippen LogP contribution in [0.5, 0.6) is 0 Å². The Balaban J connectivity index is 1.62. The number of carbonyl (C=O) groups excluding carboxylic acids is 1. The maximum atomic E-state index is 12.4. The summed E-state index contributed by atoms with van der Waals surface area (Å²) in [6.07, 6.45) is 3.67. The molecule has 0 unspecified atom stereocenters. The van der Waals surface area contributed by atoms with E-state index in [4.69, 9.17) is 4.42 Å². The first-order chi connectivity index (χ1) is 12.0. The van der Waals surface area contributed by atoms with Crippen LogP contribution in [0.4, 0.5) is 0 Å². The first kappa shape index (κ1) is 17.4. The summed E-state index contributed by atoms with van der Waals surface area (Å²) in [6, 6.07) is 12.0. The molecule has 2 aromatic heterocycles. The summed E-state index contributed by atoms with van der Waals surface area (Å²) in [4.78, 5) is 18.4. The highest BCUT2D eigenvalue weighted by Crippen LogP contribution is 2.21. The molecule has 0 aliphatic carbocycles. The van der Waals surface area contributed by atoms with Crippen LogP contribution >= 0.6 is 11.8 Å². The van der Waals surface area contributed by atoms with Crippen molar-refractivity contribution in [3.8, 4) is 5.69 Å². The van der Waals surface area contributed by atoms with Gasteiger partial charge in [0, 0.05) is 25.1 Å². The highest BCUT2D eigenvalue weighted by atomic mass is 32.2. The molecule has 130 valence electrons. The third-order valence-corrected chi connectivity index (χ3v) is 4.78. The fourth-order valence-electron chi connectivity index (χ4n) is 2.50. The maximum Gasteiger partial charge on any atom is 0.233 e. The molecule has 0 aliphatic heterocycles. The van der Waals surface area contributed by atoms with Crippen molar-refractivity contribution in [3.63, 3.8) is 0 Å². The molecule has 0 N–H and O–H groups in total. The summed E-state index contributed by atoms with van der Waals surface area (Å²) in [6.45, 7) is 4.42.